The van der Waals surface area contributed by atoms with Gasteiger partial charge in [0.1, 0.15) is 11.6 Å². The van der Waals surface area contributed by atoms with Crippen LogP contribution < -0.4 is 5.32 Å². The third-order valence-corrected chi connectivity index (χ3v) is 4.54. The second-order valence-corrected chi connectivity index (χ2v) is 6.44. The predicted molar refractivity (Wildman–Crippen MR) is 93.9 cm³/mol. The first-order valence-electron chi connectivity index (χ1n) is 7.25. The molecular formula is C16H11BrF3N3O2S. The molecule has 0 radical (unpaired) electrons. The number of carbonyl (C=O) groups is 1. The Hall–Kier alpha value is -2.20. The topological polar surface area (TPSA) is 63.6 Å². The van der Waals surface area contributed by atoms with Crippen molar-refractivity contribution in [2.24, 2.45) is 4.99 Å². The van der Waals surface area contributed by atoms with Gasteiger partial charge in [0.2, 0.25) is 0 Å². The summed E-state index contributed by atoms with van der Waals surface area (Å²) in [7, 11) is 0. The standard InChI is InChI=1S/C16H11BrF3N3O2S/c17-8-25-15(24)10-7-22-13(14-21-5-6-26-14)23-12(10)9-3-1-2-4-11(9)16(18,19)20/h1-7,12H,8H2,(H,22,23). The highest BCUT2D eigenvalue weighted by Crippen LogP contribution is 2.39. The Morgan fingerprint density at radius 1 is 1.35 bits per heavy atom. The minimum atomic E-state index is -4.58. The molecule has 10 heteroatoms. The molecule has 1 unspecified atom stereocenters. The van der Waals surface area contributed by atoms with Crippen molar-refractivity contribution in [1.29, 1.82) is 0 Å². The van der Waals surface area contributed by atoms with Gasteiger partial charge in [-0.3, -0.25) is 4.99 Å². The number of aliphatic imine (C=N–C) groups is 1. The summed E-state index contributed by atoms with van der Waals surface area (Å²) in [6.45, 7) is 0. The van der Waals surface area contributed by atoms with Gasteiger partial charge < -0.3 is 10.1 Å². The van der Waals surface area contributed by atoms with Crippen LogP contribution in [0.5, 0.6) is 0 Å². The highest BCUT2D eigenvalue weighted by atomic mass is 79.9. The fraction of sp³-hybridized carbons (Fsp3) is 0.188. The number of hydrogen-bond acceptors (Lipinski definition) is 6. The fourth-order valence-electron chi connectivity index (χ4n) is 2.45. The number of hydrogen-bond donors (Lipinski definition) is 1. The third-order valence-electron chi connectivity index (χ3n) is 3.53. The molecule has 0 saturated heterocycles. The third kappa shape index (κ3) is 3.80. The Bertz CT molecular complexity index is 866. The van der Waals surface area contributed by atoms with Gasteiger partial charge in [-0.25, -0.2) is 9.78 Å². The average Bonchev–Trinajstić information content (AvgIpc) is 3.15. The molecule has 0 amide bonds. The predicted octanol–water partition coefficient (Wildman–Crippen LogP) is 4.03. The van der Waals surface area contributed by atoms with Crippen LogP contribution in [-0.2, 0) is 15.7 Å². The maximum atomic E-state index is 13.4. The van der Waals surface area contributed by atoms with Gasteiger partial charge in [-0.1, -0.05) is 18.2 Å². The van der Waals surface area contributed by atoms with Crippen LogP contribution in [0.3, 0.4) is 0 Å². The molecule has 2 heterocycles. The molecule has 0 saturated carbocycles. The molecule has 0 spiro atoms. The molecule has 2 aromatic rings. The summed E-state index contributed by atoms with van der Waals surface area (Å²) < 4.78 is 45.2. The zero-order valence-corrected chi connectivity index (χ0v) is 15.4. The van der Waals surface area contributed by atoms with Crippen molar-refractivity contribution in [3.05, 3.63) is 63.7 Å². The van der Waals surface area contributed by atoms with E-state index in [1.165, 1.54) is 35.7 Å². The molecule has 1 aliphatic heterocycles. The van der Waals surface area contributed by atoms with Crippen molar-refractivity contribution in [2.75, 3.05) is 5.52 Å². The van der Waals surface area contributed by atoms with E-state index < -0.39 is 23.8 Å². The molecule has 1 N–H and O–H groups in total. The first kappa shape index (κ1) is 18.6. The smallest absolute Gasteiger partial charge is 0.416 e. The quantitative estimate of drug-likeness (QED) is 0.569. The minimum absolute atomic E-state index is 0.0264. The van der Waals surface area contributed by atoms with E-state index in [-0.39, 0.29) is 22.5 Å². The van der Waals surface area contributed by atoms with Crippen LogP contribution in [-0.4, -0.2) is 22.3 Å². The Kier molecular flexibility index (Phi) is 5.42. The number of nitrogens with zero attached hydrogens (tertiary/aromatic N) is 2. The Labute approximate surface area is 158 Å². The molecule has 26 heavy (non-hydrogen) atoms. The van der Waals surface area contributed by atoms with Crippen molar-refractivity contribution in [2.45, 2.75) is 12.2 Å². The number of ether oxygens (including phenoxy) is 1. The SMILES string of the molecule is O=C(OCBr)C1=CNC(c2nccs2)=NC1c1ccccc1C(F)(F)F. The molecule has 0 fully saturated rings. The van der Waals surface area contributed by atoms with Crippen molar-refractivity contribution >= 4 is 39.1 Å². The molecule has 136 valence electrons. The minimum Gasteiger partial charge on any atom is -0.451 e. The summed E-state index contributed by atoms with van der Waals surface area (Å²) in [6.07, 6.45) is -1.71. The summed E-state index contributed by atoms with van der Waals surface area (Å²) in [5.41, 5.74) is -1.10. The number of rotatable bonds is 4. The van der Waals surface area contributed by atoms with Gasteiger partial charge in [0, 0.05) is 17.8 Å². The fourth-order valence-corrected chi connectivity index (χ4v) is 3.26. The van der Waals surface area contributed by atoms with Crippen molar-refractivity contribution in [3.8, 4) is 0 Å². The molecule has 0 aliphatic carbocycles. The molecular weight excluding hydrogens is 435 g/mol. The van der Waals surface area contributed by atoms with Gasteiger partial charge >= 0.3 is 12.1 Å². The van der Waals surface area contributed by atoms with Crippen molar-refractivity contribution < 1.29 is 22.7 Å². The molecule has 0 bridgehead atoms. The van der Waals surface area contributed by atoms with E-state index in [1.54, 1.807) is 11.6 Å². The van der Waals surface area contributed by atoms with Crippen LogP contribution in [0.15, 0.2) is 52.6 Å². The zero-order valence-electron chi connectivity index (χ0n) is 13.0. The lowest BCUT2D eigenvalue weighted by molar-refractivity contribution is -0.139. The average molecular weight is 446 g/mol. The number of nitrogens with one attached hydrogen (secondary N) is 1. The number of thiazole rings is 1. The summed E-state index contributed by atoms with van der Waals surface area (Å²) in [5, 5.41) is 5.03. The summed E-state index contributed by atoms with van der Waals surface area (Å²) in [4.78, 5) is 20.6. The maximum Gasteiger partial charge on any atom is 0.416 e. The van der Waals surface area contributed by atoms with E-state index in [0.29, 0.717) is 5.01 Å². The van der Waals surface area contributed by atoms with Gasteiger partial charge in [0.05, 0.1) is 11.1 Å². The highest BCUT2D eigenvalue weighted by Gasteiger charge is 2.38. The number of halogens is 4. The van der Waals surface area contributed by atoms with E-state index >= 15 is 0 Å². The molecule has 1 aromatic carbocycles. The lowest BCUT2D eigenvalue weighted by Gasteiger charge is -2.24. The van der Waals surface area contributed by atoms with Crippen LogP contribution in [0.2, 0.25) is 0 Å². The zero-order chi connectivity index (χ0) is 18.7. The Morgan fingerprint density at radius 3 is 2.77 bits per heavy atom. The summed E-state index contributed by atoms with van der Waals surface area (Å²) in [6, 6.07) is 3.86. The van der Waals surface area contributed by atoms with E-state index in [1.807, 2.05) is 0 Å². The Balaban J connectivity index is 2.10. The lowest BCUT2D eigenvalue weighted by atomic mass is 9.94. The van der Waals surface area contributed by atoms with Gasteiger partial charge in [-0.05, 0) is 27.6 Å². The van der Waals surface area contributed by atoms with Gasteiger partial charge in [-0.15, -0.1) is 11.3 Å². The molecule has 1 aliphatic rings. The molecule has 5 nitrogen and oxygen atoms in total. The van der Waals surface area contributed by atoms with Crippen LogP contribution in [0, 0.1) is 0 Å². The monoisotopic (exact) mass is 445 g/mol. The second-order valence-electron chi connectivity index (χ2n) is 5.09. The lowest BCUT2D eigenvalue weighted by Crippen LogP contribution is -2.29. The number of carbonyl (C=O) groups excluding carboxylic acids is 1. The van der Waals surface area contributed by atoms with E-state index in [2.05, 4.69) is 31.2 Å². The molecule has 1 atom stereocenters. The normalized spacial score (nSPS) is 17.2. The van der Waals surface area contributed by atoms with Gasteiger partial charge in [-0.2, -0.15) is 13.2 Å². The number of esters is 1. The number of amidine groups is 1. The van der Waals surface area contributed by atoms with Crippen LogP contribution in [0.4, 0.5) is 13.2 Å². The van der Waals surface area contributed by atoms with Crippen LogP contribution in [0.1, 0.15) is 22.2 Å². The van der Waals surface area contributed by atoms with E-state index in [4.69, 9.17) is 4.74 Å². The van der Waals surface area contributed by atoms with E-state index in [0.717, 1.165) is 6.07 Å². The highest BCUT2D eigenvalue weighted by molar-refractivity contribution is 9.09. The van der Waals surface area contributed by atoms with Gasteiger partial charge in [0.15, 0.2) is 10.8 Å². The second kappa shape index (κ2) is 7.58. The summed E-state index contributed by atoms with van der Waals surface area (Å²) >= 11 is 4.24. The molecule has 3 rings (SSSR count). The first-order chi connectivity index (χ1) is 12.4. The Morgan fingerprint density at radius 2 is 2.12 bits per heavy atom. The van der Waals surface area contributed by atoms with Crippen molar-refractivity contribution in [3.63, 3.8) is 0 Å². The first-order valence-corrected chi connectivity index (χ1v) is 9.25. The molecule has 1 aromatic heterocycles. The number of alkyl halides is 4. The van der Waals surface area contributed by atoms with E-state index in [9.17, 15) is 18.0 Å². The largest absolute Gasteiger partial charge is 0.451 e. The van der Waals surface area contributed by atoms with Crippen molar-refractivity contribution in [1.82, 2.24) is 10.3 Å². The van der Waals surface area contributed by atoms with Gasteiger partial charge in [0.25, 0.3) is 0 Å². The summed E-state index contributed by atoms with van der Waals surface area (Å²) in [5.74, 6) is -0.476. The number of aromatic nitrogens is 1. The maximum absolute atomic E-state index is 13.4. The van der Waals surface area contributed by atoms with Crippen LogP contribution >= 0.6 is 27.3 Å². The van der Waals surface area contributed by atoms with Crippen LogP contribution in [0.25, 0.3) is 0 Å². The number of benzene rings is 1.